The van der Waals surface area contributed by atoms with Crippen LogP contribution in [0.15, 0.2) is 42.7 Å². The maximum absolute atomic E-state index is 13.0. The van der Waals surface area contributed by atoms with E-state index in [1.54, 1.807) is 17.1 Å². The van der Waals surface area contributed by atoms with Gasteiger partial charge in [0.1, 0.15) is 0 Å². The first-order valence-electron chi connectivity index (χ1n) is 8.26. The van der Waals surface area contributed by atoms with E-state index in [0.29, 0.717) is 11.6 Å². The average Bonchev–Trinajstić information content (AvgIpc) is 3.00. The molecule has 1 aromatic heterocycles. The van der Waals surface area contributed by atoms with Crippen molar-refractivity contribution in [2.45, 2.75) is 19.5 Å². The van der Waals surface area contributed by atoms with E-state index in [9.17, 15) is 4.79 Å². The number of hydrogen-bond donors (Lipinski definition) is 0. The van der Waals surface area contributed by atoms with E-state index in [-0.39, 0.29) is 17.9 Å². The van der Waals surface area contributed by atoms with Crippen molar-refractivity contribution in [3.63, 3.8) is 0 Å². The van der Waals surface area contributed by atoms with Crippen molar-refractivity contribution < 1.29 is 4.79 Å². The molecule has 2 heterocycles. The molecule has 1 saturated heterocycles. The Balaban J connectivity index is 1.75. The maximum atomic E-state index is 13.0. The molecule has 1 aliphatic rings. The molecule has 2 atom stereocenters. The van der Waals surface area contributed by atoms with Gasteiger partial charge in [0.05, 0.1) is 29.7 Å². The van der Waals surface area contributed by atoms with Crippen LogP contribution in [0.25, 0.3) is 0 Å². The van der Waals surface area contributed by atoms with Gasteiger partial charge in [0, 0.05) is 25.8 Å². The fourth-order valence-electron chi connectivity index (χ4n) is 3.22. The molecule has 0 aliphatic carbocycles. The summed E-state index contributed by atoms with van der Waals surface area (Å²) in [5, 5.41) is 4.77. The minimum absolute atomic E-state index is 0.0982. The summed E-state index contributed by atoms with van der Waals surface area (Å²) in [6.07, 6.45) is 3.35. The number of hydrogen-bond acceptors (Lipinski definition) is 3. The molecule has 1 aliphatic heterocycles. The second-order valence-corrected chi connectivity index (χ2v) is 6.94. The van der Waals surface area contributed by atoms with E-state index in [0.717, 1.165) is 19.6 Å². The molecule has 0 radical (unpaired) electrons. The maximum Gasteiger partial charge on any atom is 0.227 e. The smallest absolute Gasteiger partial charge is 0.227 e. The number of likely N-dealkylation sites (N-methyl/N-ethyl adjacent to an activating group) is 1. The lowest BCUT2D eigenvalue weighted by Crippen LogP contribution is -2.51. The summed E-state index contributed by atoms with van der Waals surface area (Å²) in [7, 11) is 2.10. The van der Waals surface area contributed by atoms with Gasteiger partial charge in [-0.25, -0.2) is 0 Å². The third kappa shape index (κ3) is 3.79. The predicted molar refractivity (Wildman–Crippen MR) is 94.8 cm³/mol. The lowest BCUT2D eigenvalue weighted by molar-refractivity contribution is -0.140. The predicted octanol–water partition coefficient (Wildman–Crippen LogP) is 2.69. The van der Waals surface area contributed by atoms with E-state index < -0.39 is 0 Å². The number of carbonyl (C=O) groups is 1. The molecule has 128 valence electrons. The Hall–Kier alpha value is -1.85. The van der Waals surface area contributed by atoms with Crippen LogP contribution >= 0.6 is 11.6 Å². The van der Waals surface area contributed by atoms with Crippen molar-refractivity contribution in [1.82, 2.24) is 19.6 Å². The van der Waals surface area contributed by atoms with Crippen molar-refractivity contribution in [3.05, 3.63) is 53.3 Å². The van der Waals surface area contributed by atoms with E-state index in [1.165, 1.54) is 5.56 Å². The number of nitrogens with zero attached hydrogens (tertiary/aromatic N) is 4. The van der Waals surface area contributed by atoms with Crippen molar-refractivity contribution in [2.75, 3.05) is 26.7 Å². The Morgan fingerprint density at radius 3 is 2.75 bits per heavy atom. The van der Waals surface area contributed by atoms with Crippen LogP contribution in [-0.4, -0.2) is 52.2 Å². The SMILES string of the molecule is C[C@H](Cn1cc(Cl)cn1)C(=O)N1CCN(C)C[C@@H]1c1ccccc1. The van der Waals surface area contributed by atoms with E-state index >= 15 is 0 Å². The summed E-state index contributed by atoms with van der Waals surface area (Å²) in [6.45, 7) is 5.00. The standard InChI is InChI=1S/C18H23ClN4O/c1-14(11-22-12-16(19)10-20-22)18(24)23-9-8-21(2)13-17(23)15-6-4-3-5-7-15/h3-7,10,12,14,17H,8-9,11,13H2,1-2H3/t14-,17-/m1/s1. The molecule has 1 fully saturated rings. The summed E-state index contributed by atoms with van der Waals surface area (Å²) < 4.78 is 1.73. The largest absolute Gasteiger partial charge is 0.333 e. The molecule has 0 spiro atoms. The number of amides is 1. The second-order valence-electron chi connectivity index (χ2n) is 6.50. The highest BCUT2D eigenvalue weighted by molar-refractivity contribution is 6.30. The van der Waals surface area contributed by atoms with Gasteiger partial charge >= 0.3 is 0 Å². The lowest BCUT2D eigenvalue weighted by atomic mass is 10.00. The number of carbonyl (C=O) groups excluding carboxylic acids is 1. The number of halogens is 1. The quantitative estimate of drug-likeness (QED) is 0.854. The second kappa shape index (κ2) is 7.36. The average molecular weight is 347 g/mol. The molecule has 24 heavy (non-hydrogen) atoms. The highest BCUT2D eigenvalue weighted by Gasteiger charge is 2.32. The molecule has 5 nitrogen and oxygen atoms in total. The summed E-state index contributed by atoms with van der Waals surface area (Å²) in [6, 6.07) is 10.4. The molecule has 1 amide bonds. The van der Waals surface area contributed by atoms with Gasteiger partial charge in [-0.05, 0) is 12.6 Å². The van der Waals surface area contributed by atoms with Crippen molar-refractivity contribution >= 4 is 17.5 Å². The van der Waals surface area contributed by atoms with Crippen LogP contribution in [0, 0.1) is 5.92 Å². The topological polar surface area (TPSA) is 41.4 Å². The van der Waals surface area contributed by atoms with Crippen LogP contribution in [0.1, 0.15) is 18.5 Å². The van der Waals surface area contributed by atoms with E-state index in [4.69, 9.17) is 11.6 Å². The van der Waals surface area contributed by atoms with Gasteiger partial charge < -0.3 is 9.80 Å². The van der Waals surface area contributed by atoms with Gasteiger partial charge in [0.15, 0.2) is 0 Å². The minimum Gasteiger partial charge on any atom is -0.333 e. The normalized spacial score (nSPS) is 20.1. The Kier molecular flexibility index (Phi) is 5.21. The molecule has 0 bridgehead atoms. The van der Waals surface area contributed by atoms with Crippen LogP contribution in [-0.2, 0) is 11.3 Å². The lowest BCUT2D eigenvalue weighted by Gasteiger charge is -2.41. The first kappa shape index (κ1) is 17.0. The summed E-state index contributed by atoms with van der Waals surface area (Å²) >= 11 is 5.91. The first-order chi connectivity index (χ1) is 11.5. The molecular formula is C18H23ClN4O. The Morgan fingerprint density at radius 1 is 1.33 bits per heavy atom. The van der Waals surface area contributed by atoms with Crippen LogP contribution in [0.5, 0.6) is 0 Å². The molecule has 3 rings (SSSR count). The Bertz CT molecular complexity index is 687. The monoisotopic (exact) mass is 346 g/mol. The molecule has 1 aromatic carbocycles. The van der Waals surface area contributed by atoms with Crippen molar-refractivity contribution in [3.8, 4) is 0 Å². The van der Waals surface area contributed by atoms with Gasteiger partial charge in [-0.15, -0.1) is 0 Å². The number of aromatic nitrogens is 2. The zero-order chi connectivity index (χ0) is 17.1. The molecule has 0 unspecified atom stereocenters. The summed E-state index contributed by atoms with van der Waals surface area (Å²) in [5.74, 6) is 0.0270. The van der Waals surface area contributed by atoms with Crippen LogP contribution in [0.3, 0.4) is 0 Å². The Labute approximate surface area is 147 Å². The van der Waals surface area contributed by atoms with Crippen molar-refractivity contribution in [2.24, 2.45) is 5.92 Å². The fourth-order valence-corrected chi connectivity index (χ4v) is 3.38. The Morgan fingerprint density at radius 2 is 2.08 bits per heavy atom. The van der Waals surface area contributed by atoms with E-state index in [1.807, 2.05) is 30.0 Å². The van der Waals surface area contributed by atoms with Gasteiger partial charge in [-0.3, -0.25) is 9.48 Å². The number of benzene rings is 1. The zero-order valence-corrected chi connectivity index (χ0v) is 14.9. The molecule has 0 saturated carbocycles. The van der Waals surface area contributed by atoms with Gasteiger partial charge in [-0.2, -0.15) is 5.10 Å². The first-order valence-corrected chi connectivity index (χ1v) is 8.64. The van der Waals surface area contributed by atoms with Crippen LogP contribution in [0.4, 0.5) is 0 Å². The minimum atomic E-state index is -0.143. The molecule has 2 aromatic rings. The highest BCUT2D eigenvalue weighted by atomic mass is 35.5. The highest BCUT2D eigenvalue weighted by Crippen LogP contribution is 2.26. The van der Waals surface area contributed by atoms with Gasteiger partial charge in [0.2, 0.25) is 5.91 Å². The third-order valence-electron chi connectivity index (χ3n) is 4.54. The molecular weight excluding hydrogens is 324 g/mol. The van der Waals surface area contributed by atoms with Crippen LogP contribution < -0.4 is 0 Å². The summed E-state index contributed by atoms with van der Waals surface area (Å²) in [5.41, 5.74) is 1.19. The molecule has 0 N–H and O–H groups in total. The molecule has 6 heteroatoms. The fraction of sp³-hybridized carbons (Fsp3) is 0.444. The number of rotatable bonds is 4. The number of piperazine rings is 1. The zero-order valence-electron chi connectivity index (χ0n) is 14.1. The van der Waals surface area contributed by atoms with Gasteiger partial charge in [-0.1, -0.05) is 48.9 Å². The van der Waals surface area contributed by atoms with Gasteiger partial charge in [0.25, 0.3) is 0 Å². The van der Waals surface area contributed by atoms with E-state index in [2.05, 4.69) is 29.2 Å². The summed E-state index contributed by atoms with van der Waals surface area (Å²) in [4.78, 5) is 17.3. The third-order valence-corrected chi connectivity index (χ3v) is 4.73. The van der Waals surface area contributed by atoms with Crippen LogP contribution in [0.2, 0.25) is 5.02 Å². The van der Waals surface area contributed by atoms with Crippen molar-refractivity contribution in [1.29, 1.82) is 0 Å².